The number of carbonyl (C=O) groups is 1. The molecule has 5 heteroatoms. The highest BCUT2D eigenvalue weighted by Crippen LogP contribution is 2.30. The number of ether oxygens (including phenoxy) is 1. The van der Waals surface area contributed by atoms with Gasteiger partial charge in [-0.15, -0.1) is 0 Å². The minimum absolute atomic E-state index is 0.102. The van der Waals surface area contributed by atoms with Crippen LogP contribution in [-0.4, -0.2) is 18.6 Å². The van der Waals surface area contributed by atoms with Crippen LogP contribution in [0.1, 0.15) is 25.8 Å². The lowest BCUT2D eigenvalue weighted by Gasteiger charge is -2.17. The number of rotatable bonds is 7. The van der Waals surface area contributed by atoms with Crippen LogP contribution in [0.4, 0.5) is 0 Å². The number of halogens is 1. The molecule has 0 saturated carbocycles. The van der Waals surface area contributed by atoms with Crippen molar-refractivity contribution in [2.45, 2.75) is 32.7 Å². The summed E-state index contributed by atoms with van der Waals surface area (Å²) in [5.41, 5.74) is 12.3. The summed E-state index contributed by atoms with van der Waals surface area (Å²) < 4.78 is 6.60. The Kier molecular flexibility index (Phi) is 6.31. The first kappa shape index (κ1) is 16.0. The van der Waals surface area contributed by atoms with Gasteiger partial charge in [-0.05, 0) is 40.4 Å². The Morgan fingerprint density at radius 2 is 2.16 bits per heavy atom. The molecule has 0 heterocycles. The normalized spacial score (nSPS) is 13.9. The molecule has 0 bridgehead atoms. The third-order valence-corrected chi connectivity index (χ3v) is 3.64. The molecule has 1 aromatic carbocycles. The molecule has 1 aromatic rings. The first-order chi connectivity index (χ1) is 8.95. The van der Waals surface area contributed by atoms with E-state index in [0.29, 0.717) is 0 Å². The van der Waals surface area contributed by atoms with Crippen molar-refractivity contribution < 1.29 is 9.53 Å². The lowest BCUT2D eigenvalue weighted by molar-refractivity contribution is -0.122. The van der Waals surface area contributed by atoms with Gasteiger partial charge in [0.1, 0.15) is 5.75 Å². The fraction of sp³-hybridized carbons (Fsp3) is 0.500. The molecule has 2 atom stereocenters. The quantitative estimate of drug-likeness (QED) is 0.805. The molecule has 4 nitrogen and oxygen atoms in total. The van der Waals surface area contributed by atoms with E-state index in [1.807, 2.05) is 18.2 Å². The van der Waals surface area contributed by atoms with E-state index in [4.69, 9.17) is 16.2 Å². The van der Waals surface area contributed by atoms with Crippen LogP contribution < -0.4 is 16.2 Å². The van der Waals surface area contributed by atoms with Crippen LogP contribution >= 0.6 is 15.9 Å². The second-order valence-corrected chi connectivity index (χ2v) is 5.57. The van der Waals surface area contributed by atoms with Gasteiger partial charge in [-0.25, -0.2) is 0 Å². The highest BCUT2D eigenvalue weighted by atomic mass is 79.9. The summed E-state index contributed by atoms with van der Waals surface area (Å²) in [5.74, 6) is 0.0677. The van der Waals surface area contributed by atoms with Gasteiger partial charge in [0.2, 0.25) is 5.91 Å². The number of para-hydroxylation sites is 1. The van der Waals surface area contributed by atoms with Gasteiger partial charge in [0, 0.05) is 6.04 Å². The molecule has 19 heavy (non-hydrogen) atoms. The van der Waals surface area contributed by atoms with Crippen LogP contribution in [0.2, 0.25) is 0 Å². The first-order valence-corrected chi connectivity index (χ1v) is 7.20. The molecule has 0 saturated heterocycles. The van der Waals surface area contributed by atoms with Crippen molar-refractivity contribution in [1.82, 2.24) is 0 Å². The highest BCUT2D eigenvalue weighted by molar-refractivity contribution is 9.10. The maximum absolute atomic E-state index is 11.0. The fourth-order valence-electron chi connectivity index (χ4n) is 1.59. The molecule has 0 aliphatic rings. The number of hydrogen-bond donors (Lipinski definition) is 2. The monoisotopic (exact) mass is 328 g/mol. The Morgan fingerprint density at radius 1 is 1.47 bits per heavy atom. The predicted octanol–water partition coefficient (Wildman–Crippen LogP) is 2.23. The summed E-state index contributed by atoms with van der Waals surface area (Å²) in [6, 6.07) is 5.95. The van der Waals surface area contributed by atoms with Crippen molar-refractivity contribution in [3.63, 3.8) is 0 Å². The molecule has 0 aliphatic carbocycles. The standard InChI is InChI=1S/C14H21BrN2O2/c1-3-11(16)7-10-5-4-6-12(15)13(10)19-8-9(2)14(17)18/h4-6,9,11H,3,7-8,16H2,1-2H3,(H2,17,18). The minimum atomic E-state index is -0.362. The van der Waals surface area contributed by atoms with E-state index in [1.165, 1.54) is 0 Å². The molecule has 1 amide bonds. The van der Waals surface area contributed by atoms with Crippen LogP contribution in [0.15, 0.2) is 22.7 Å². The molecular weight excluding hydrogens is 308 g/mol. The molecule has 2 unspecified atom stereocenters. The number of amides is 1. The zero-order valence-corrected chi connectivity index (χ0v) is 12.9. The van der Waals surface area contributed by atoms with Crippen LogP contribution in [-0.2, 0) is 11.2 Å². The Morgan fingerprint density at radius 3 is 2.74 bits per heavy atom. The molecule has 0 spiro atoms. The maximum atomic E-state index is 11.0. The third kappa shape index (κ3) is 4.84. The van der Waals surface area contributed by atoms with Crippen molar-refractivity contribution in [1.29, 1.82) is 0 Å². The largest absolute Gasteiger partial charge is 0.491 e. The minimum Gasteiger partial charge on any atom is -0.491 e. The van der Waals surface area contributed by atoms with Crippen molar-refractivity contribution in [2.75, 3.05) is 6.61 Å². The van der Waals surface area contributed by atoms with E-state index in [0.717, 1.165) is 28.6 Å². The molecule has 0 radical (unpaired) electrons. The second-order valence-electron chi connectivity index (χ2n) is 4.71. The SMILES string of the molecule is CCC(N)Cc1cccc(Br)c1OCC(C)C(N)=O. The van der Waals surface area contributed by atoms with E-state index < -0.39 is 0 Å². The zero-order chi connectivity index (χ0) is 14.4. The number of benzene rings is 1. The summed E-state index contributed by atoms with van der Waals surface area (Å²) in [5, 5.41) is 0. The summed E-state index contributed by atoms with van der Waals surface area (Å²) in [7, 11) is 0. The van der Waals surface area contributed by atoms with Crippen LogP contribution in [0.5, 0.6) is 5.75 Å². The molecule has 0 fully saturated rings. The molecule has 0 aromatic heterocycles. The van der Waals surface area contributed by atoms with E-state index in [1.54, 1.807) is 6.92 Å². The van der Waals surface area contributed by atoms with E-state index in [9.17, 15) is 4.79 Å². The predicted molar refractivity (Wildman–Crippen MR) is 80.0 cm³/mol. The summed E-state index contributed by atoms with van der Waals surface area (Å²) in [4.78, 5) is 11.0. The summed E-state index contributed by atoms with van der Waals surface area (Å²) in [6.45, 7) is 4.07. The molecule has 4 N–H and O–H groups in total. The van der Waals surface area contributed by atoms with Gasteiger partial charge in [-0.1, -0.05) is 26.0 Å². The van der Waals surface area contributed by atoms with Crippen molar-refractivity contribution in [2.24, 2.45) is 17.4 Å². The molecule has 106 valence electrons. The van der Waals surface area contributed by atoms with Crippen LogP contribution in [0, 0.1) is 5.92 Å². The lowest BCUT2D eigenvalue weighted by atomic mass is 10.0. The van der Waals surface area contributed by atoms with Gasteiger partial charge >= 0.3 is 0 Å². The molecular formula is C14H21BrN2O2. The van der Waals surface area contributed by atoms with Gasteiger partial charge < -0.3 is 16.2 Å². The van der Waals surface area contributed by atoms with Crippen molar-refractivity contribution >= 4 is 21.8 Å². The smallest absolute Gasteiger partial charge is 0.223 e. The fourth-order valence-corrected chi connectivity index (χ4v) is 2.11. The Bertz CT molecular complexity index is 437. The number of carbonyl (C=O) groups excluding carboxylic acids is 1. The lowest BCUT2D eigenvalue weighted by Crippen LogP contribution is -2.26. The number of hydrogen-bond acceptors (Lipinski definition) is 3. The highest BCUT2D eigenvalue weighted by Gasteiger charge is 2.14. The summed E-state index contributed by atoms with van der Waals surface area (Å²) >= 11 is 3.46. The molecule has 1 rings (SSSR count). The Labute approximate surface area is 122 Å². The third-order valence-electron chi connectivity index (χ3n) is 3.02. The molecule has 0 aliphatic heterocycles. The van der Waals surface area contributed by atoms with Gasteiger partial charge in [-0.3, -0.25) is 4.79 Å². The maximum Gasteiger partial charge on any atom is 0.223 e. The van der Waals surface area contributed by atoms with E-state index in [-0.39, 0.29) is 24.5 Å². The Balaban J connectivity index is 2.82. The van der Waals surface area contributed by atoms with E-state index >= 15 is 0 Å². The first-order valence-electron chi connectivity index (χ1n) is 6.40. The van der Waals surface area contributed by atoms with Gasteiger partial charge in [0.05, 0.1) is 17.0 Å². The zero-order valence-electron chi connectivity index (χ0n) is 11.4. The van der Waals surface area contributed by atoms with Gasteiger partial charge in [0.15, 0.2) is 0 Å². The second kappa shape index (κ2) is 7.50. The van der Waals surface area contributed by atoms with Crippen LogP contribution in [0.25, 0.3) is 0 Å². The average Bonchev–Trinajstić information content (AvgIpc) is 2.37. The number of primary amides is 1. The van der Waals surface area contributed by atoms with Gasteiger partial charge in [0.25, 0.3) is 0 Å². The Hall–Kier alpha value is -1.07. The summed E-state index contributed by atoms with van der Waals surface area (Å²) in [6.07, 6.45) is 1.65. The number of nitrogens with two attached hydrogens (primary N) is 2. The van der Waals surface area contributed by atoms with E-state index in [2.05, 4.69) is 22.9 Å². The van der Waals surface area contributed by atoms with Crippen molar-refractivity contribution in [3.8, 4) is 5.75 Å². The average molecular weight is 329 g/mol. The van der Waals surface area contributed by atoms with Gasteiger partial charge in [-0.2, -0.15) is 0 Å². The topological polar surface area (TPSA) is 78.3 Å². The van der Waals surface area contributed by atoms with Crippen LogP contribution in [0.3, 0.4) is 0 Å². The van der Waals surface area contributed by atoms with Crippen molar-refractivity contribution in [3.05, 3.63) is 28.2 Å².